The zero-order chi connectivity index (χ0) is 8.55. The third-order valence-electron chi connectivity index (χ3n) is 2.15. The predicted molar refractivity (Wildman–Crippen MR) is 51.4 cm³/mol. The van der Waals surface area contributed by atoms with E-state index in [0.717, 1.165) is 6.42 Å². The van der Waals surface area contributed by atoms with Crippen LogP contribution in [-0.4, -0.2) is 20.7 Å². The SMILES string of the molecule is CCc1c2ccccc2[te][n+]1C. The molecule has 1 nitrogen and oxygen atoms in total. The predicted octanol–water partition coefficient (Wildman–Crippen LogP) is 1.28. The Bertz CT molecular complexity index is 403. The van der Waals surface area contributed by atoms with Crippen molar-refractivity contribution in [3.63, 3.8) is 0 Å². The van der Waals surface area contributed by atoms with Crippen molar-refractivity contribution < 1.29 is 2.79 Å². The van der Waals surface area contributed by atoms with Crippen molar-refractivity contribution in [3.05, 3.63) is 30.0 Å². The molecular weight excluding hydrogens is 262 g/mol. The van der Waals surface area contributed by atoms with Gasteiger partial charge in [-0.05, 0) is 0 Å². The van der Waals surface area contributed by atoms with E-state index >= 15 is 0 Å². The molecule has 0 unspecified atom stereocenters. The first-order valence-corrected chi connectivity index (χ1v) is 6.40. The van der Waals surface area contributed by atoms with Crippen molar-refractivity contribution in [1.29, 1.82) is 0 Å². The Labute approximate surface area is 82.6 Å². The van der Waals surface area contributed by atoms with Gasteiger partial charge in [-0.15, -0.1) is 0 Å². The van der Waals surface area contributed by atoms with Crippen LogP contribution in [0, 0.1) is 0 Å². The van der Waals surface area contributed by atoms with E-state index in [1.165, 1.54) is 11.1 Å². The van der Waals surface area contributed by atoms with Gasteiger partial charge in [-0.25, -0.2) is 0 Å². The summed E-state index contributed by atoms with van der Waals surface area (Å²) in [6, 6.07) is 8.82. The van der Waals surface area contributed by atoms with Crippen LogP contribution in [0.4, 0.5) is 0 Å². The molecule has 1 aromatic heterocycles. The summed E-state index contributed by atoms with van der Waals surface area (Å²) in [4.78, 5) is 0. The van der Waals surface area contributed by atoms with Gasteiger partial charge in [-0.2, -0.15) is 0 Å². The summed E-state index contributed by atoms with van der Waals surface area (Å²) >= 11 is -0.0675. The van der Waals surface area contributed by atoms with E-state index in [1.807, 2.05) is 0 Å². The average molecular weight is 274 g/mol. The first kappa shape index (κ1) is 8.29. The molecule has 0 aliphatic carbocycles. The van der Waals surface area contributed by atoms with E-state index in [-0.39, 0.29) is 20.7 Å². The molecule has 2 aromatic rings. The Balaban J connectivity index is 2.81. The van der Waals surface area contributed by atoms with Crippen LogP contribution in [0.1, 0.15) is 12.6 Å². The first-order valence-electron chi connectivity index (χ1n) is 4.20. The van der Waals surface area contributed by atoms with E-state index in [1.54, 1.807) is 3.40 Å². The molecule has 0 atom stereocenters. The molecule has 0 N–H and O–H groups in total. The maximum absolute atomic E-state index is 2.47. The van der Waals surface area contributed by atoms with Crippen molar-refractivity contribution in [3.8, 4) is 0 Å². The summed E-state index contributed by atoms with van der Waals surface area (Å²) < 4.78 is 4.07. The van der Waals surface area contributed by atoms with Crippen LogP contribution in [0.3, 0.4) is 0 Å². The molecule has 0 radical (unpaired) electrons. The molecule has 0 aliphatic heterocycles. The Hall–Kier alpha value is -0.320. The number of aryl methyl sites for hydroxylation is 2. The molecular formula is C10H12NTe+. The van der Waals surface area contributed by atoms with Crippen LogP contribution in [0.5, 0.6) is 0 Å². The minimum absolute atomic E-state index is 0.0675. The Morgan fingerprint density at radius 1 is 1.33 bits per heavy atom. The Morgan fingerprint density at radius 3 is 2.83 bits per heavy atom. The molecule has 0 bridgehead atoms. The van der Waals surface area contributed by atoms with Crippen LogP contribution in [0.25, 0.3) is 8.79 Å². The van der Waals surface area contributed by atoms with Crippen LogP contribution in [0.2, 0.25) is 0 Å². The number of rotatable bonds is 1. The third kappa shape index (κ3) is 1.20. The van der Waals surface area contributed by atoms with E-state index < -0.39 is 0 Å². The Kier molecular flexibility index (Phi) is 2.21. The van der Waals surface area contributed by atoms with Gasteiger partial charge in [-0.1, -0.05) is 0 Å². The first-order chi connectivity index (χ1) is 5.83. The molecule has 12 heavy (non-hydrogen) atoms. The van der Waals surface area contributed by atoms with Gasteiger partial charge in [0.2, 0.25) is 0 Å². The van der Waals surface area contributed by atoms with Crippen LogP contribution in [0.15, 0.2) is 24.3 Å². The third-order valence-corrected chi connectivity index (χ3v) is 5.14. The molecule has 0 spiro atoms. The minimum atomic E-state index is -0.0675. The second kappa shape index (κ2) is 3.20. The van der Waals surface area contributed by atoms with Crippen LogP contribution >= 0.6 is 0 Å². The summed E-state index contributed by atoms with van der Waals surface area (Å²) in [5.74, 6) is 0. The Morgan fingerprint density at radius 2 is 2.08 bits per heavy atom. The second-order valence-corrected chi connectivity index (χ2v) is 6.22. The molecule has 2 rings (SSSR count). The molecule has 1 aromatic carbocycles. The number of aromatic nitrogens is 1. The summed E-state index contributed by atoms with van der Waals surface area (Å²) in [5, 5.41) is 1.50. The van der Waals surface area contributed by atoms with Crippen molar-refractivity contribution in [2.24, 2.45) is 7.05 Å². The van der Waals surface area contributed by atoms with Gasteiger partial charge in [0.15, 0.2) is 0 Å². The normalized spacial score (nSPS) is 10.8. The standard InChI is InChI=1S/C10H12NTe/c1-3-9-8-6-4-5-7-10(8)12-11(9)2/h4-7H,3H2,1-2H3/q+1. The van der Waals surface area contributed by atoms with Gasteiger partial charge >= 0.3 is 82.6 Å². The van der Waals surface area contributed by atoms with Crippen LogP contribution < -0.4 is 2.79 Å². The zero-order valence-corrected chi connectivity index (χ0v) is 9.70. The number of benzene rings is 1. The zero-order valence-electron chi connectivity index (χ0n) is 7.37. The summed E-state index contributed by atoms with van der Waals surface area (Å²) in [6.45, 7) is 2.24. The van der Waals surface area contributed by atoms with Crippen molar-refractivity contribution in [1.82, 2.24) is 0 Å². The number of nitrogens with zero attached hydrogens (tertiary/aromatic N) is 1. The molecule has 0 fully saturated rings. The summed E-state index contributed by atoms with van der Waals surface area (Å²) in [7, 11) is 2.22. The van der Waals surface area contributed by atoms with Gasteiger partial charge in [0.05, 0.1) is 0 Å². The second-order valence-electron chi connectivity index (χ2n) is 2.89. The molecule has 0 saturated heterocycles. The molecule has 62 valence electrons. The van der Waals surface area contributed by atoms with E-state index in [2.05, 4.69) is 41.0 Å². The molecule has 0 aliphatic rings. The van der Waals surface area contributed by atoms with Crippen LogP contribution in [-0.2, 0) is 13.5 Å². The molecule has 2 heteroatoms. The maximum atomic E-state index is 2.47. The van der Waals surface area contributed by atoms with Gasteiger partial charge < -0.3 is 0 Å². The van der Waals surface area contributed by atoms with Gasteiger partial charge in [0.25, 0.3) is 0 Å². The average Bonchev–Trinajstić information content (AvgIpc) is 2.40. The van der Waals surface area contributed by atoms with Crippen molar-refractivity contribution >= 4 is 29.5 Å². The van der Waals surface area contributed by atoms with Gasteiger partial charge in [0, 0.05) is 0 Å². The molecule has 0 amide bonds. The van der Waals surface area contributed by atoms with E-state index in [0.29, 0.717) is 0 Å². The fraction of sp³-hybridized carbons (Fsp3) is 0.300. The van der Waals surface area contributed by atoms with E-state index in [9.17, 15) is 0 Å². The van der Waals surface area contributed by atoms with Gasteiger partial charge in [0.1, 0.15) is 0 Å². The number of hydrogen-bond acceptors (Lipinski definition) is 0. The summed E-state index contributed by atoms with van der Waals surface area (Å²) in [5.41, 5.74) is 1.54. The van der Waals surface area contributed by atoms with Gasteiger partial charge in [-0.3, -0.25) is 0 Å². The van der Waals surface area contributed by atoms with Crippen molar-refractivity contribution in [2.45, 2.75) is 13.3 Å². The number of hydrogen-bond donors (Lipinski definition) is 0. The summed E-state index contributed by atoms with van der Waals surface area (Å²) in [6.07, 6.45) is 1.16. The van der Waals surface area contributed by atoms with Crippen molar-refractivity contribution in [2.75, 3.05) is 0 Å². The fourth-order valence-electron chi connectivity index (χ4n) is 1.57. The topological polar surface area (TPSA) is 3.88 Å². The fourth-order valence-corrected chi connectivity index (χ4v) is 4.58. The molecule has 1 heterocycles. The molecule has 0 saturated carbocycles. The van der Waals surface area contributed by atoms with E-state index in [4.69, 9.17) is 0 Å². The quantitative estimate of drug-likeness (QED) is 0.690. The number of fused-ring (bicyclic) bond motifs is 1. The monoisotopic (exact) mass is 276 g/mol.